The van der Waals surface area contributed by atoms with E-state index < -0.39 is 0 Å². The van der Waals surface area contributed by atoms with E-state index in [1.807, 2.05) is 59.9 Å². The molecule has 4 aromatic heterocycles. The second kappa shape index (κ2) is 16.0. The average Bonchev–Trinajstić information content (AvgIpc) is 3.80. The van der Waals surface area contributed by atoms with Crippen LogP contribution in [0.3, 0.4) is 0 Å². The molecule has 281 valence electrons. The number of ketones is 1. The third-order valence-electron chi connectivity index (χ3n) is 11.2. The first-order chi connectivity index (χ1) is 24.0. The van der Waals surface area contributed by atoms with Crippen molar-refractivity contribution < 1.29 is 38.8 Å². The molecule has 6 aromatic rings. The molecular formula is C45H56IrNO4S-. The van der Waals surface area contributed by atoms with E-state index in [4.69, 9.17) is 13.8 Å². The molecule has 1 N–H and O–H groups in total. The molecule has 0 aliphatic rings. The maximum absolute atomic E-state index is 12.2. The van der Waals surface area contributed by atoms with Crippen molar-refractivity contribution in [2.24, 2.45) is 16.7 Å². The Labute approximate surface area is 327 Å². The number of allylic oxidation sites excluding steroid dienone is 2. The Balaban J connectivity index is 0.000000289. The molecule has 0 saturated carbocycles. The van der Waals surface area contributed by atoms with Crippen LogP contribution < -0.4 is 0 Å². The fourth-order valence-corrected chi connectivity index (χ4v) is 7.81. The Morgan fingerprint density at radius 1 is 0.904 bits per heavy atom. The van der Waals surface area contributed by atoms with Crippen LogP contribution in [0, 0.1) is 29.7 Å². The van der Waals surface area contributed by atoms with Gasteiger partial charge in [-0.3, -0.25) is 9.78 Å². The van der Waals surface area contributed by atoms with Crippen molar-refractivity contribution >= 4 is 60.1 Å². The number of carbonyl (C=O) groups excluding carboxylic acids is 1. The molecule has 0 amide bonds. The number of fused-ring (bicyclic) bond motifs is 5. The SMILES string of the molecule is CCC(C)(CC)C(=O)/C=C(\O)C(C)(CC)CC.Cc1oc2cc3oc4ccnc(-c5[c-]c6ccsc6c(C(C)(C)C)c5)c4c3cc2c1CC(C)C.[Ir]. The molecule has 0 aliphatic carbocycles. The van der Waals surface area contributed by atoms with Gasteiger partial charge in [0, 0.05) is 76.7 Å². The number of aliphatic hydroxyl groups is 1. The Kier molecular flexibility index (Phi) is 12.8. The maximum atomic E-state index is 12.2. The van der Waals surface area contributed by atoms with Gasteiger partial charge >= 0.3 is 0 Å². The Morgan fingerprint density at radius 2 is 1.54 bits per heavy atom. The second-order valence-electron chi connectivity index (χ2n) is 16.2. The van der Waals surface area contributed by atoms with Crippen LogP contribution in [0.25, 0.3) is 54.3 Å². The van der Waals surface area contributed by atoms with Gasteiger partial charge in [-0.15, -0.1) is 23.6 Å². The smallest absolute Gasteiger partial charge is 0.164 e. The number of hydrogen-bond acceptors (Lipinski definition) is 6. The van der Waals surface area contributed by atoms with Crippen LogP contribution in [-0.4, -0.2) is 15.9 Å². The standard InChI is InChI=1S/C30H28NO2S.C15H28O2.Ir/c1-16(2)11-20-17(3)32-25-15-26-22(14-21(20)25)27-24(33-26)7-9-31-28(27)19-12-18-8-10-34-29(18)23(13-19)30(4,5)6;1-7-14(5,8-2)12(16)11-13(17)15(6,9-3)10-4;/h7-10,13-16H,11H2,1-6H3;11,16H,7-10H2,1-6H3;/q-1;;/b;12-11-;. The van der Waals surface area contributed by atoms with Crippen LogP contribution in [0.2, 0.25) is 0 Å². The van der Waals surface area contributed by atoms with Crippen molar-refractivity contribution in [1.29, 1.82) is 0 Å². The fourth-order valence-electron chi connectivity index (χ4n) is 6.73. The number of aliphatic hydroxyl groups excluding tert-OH is 1. The number of benzene rings is 2. The molecule has 4 heterocycles. The van der Waals surface area contributed by atoms with Crippen molar-refractivity contribution in [2.45, 2.75) is 121 Å². The summed E-state index contributed by atoms with van der Waals surface area (Å²) in [6.07, 6.45) is 7.58. The van der Waals surface area contributed by atoms with E-state index in [0.29, 0.717) is 5.92 Å². The van der Waals surface area contributed by atoms with Crippen molar-refractivity contribution in [3.63, 3.8) is 0 Å². The Bertz CT molecular complexity index is 2220. The summed E-state index contributed by atoms with van der Waals surface area (Å²) >= 11 is 1.78. The zero-order valence-corrected chi connectivity index (χ0v) is 36.3. The van der Waals surface area contributed by atoms with Gasteiger partial charge < -0.3 is 13.9 Å². The molecule has 5 nitrogen and oxygen atoms in total. The van der Waals surface area contributed by atoms with Crippen LogP contribution in [-0.2, 0) is 36.7 Å². The van der Waals surface area contributed by atoms with Crippen molar-refractivity contribution in [3.8, 4) is 11.3 Å². The number of thiophene rings is 1. The minimum absolute atomic E-state index is 0. The molecule has 0 unspecified atom stereocenters. The fraction of sp³-hybridized carbons (Fsp3) is 0.467. The number of carbonyl (C=O) groups is 1. The van der Waals surface area contributed by atoms with E-state index in [0.717, 1.165) is 82.0 Å². The van der Waals surface area contributed by atoms with E-state index in [1.54, 1.807) is 11.3 Å². The number of hydrogen-bond donors (Lipinski definition) is 1. The average molecular weight is 899 g/mol. The van der Waals surface area contributed by atoms with E-state index in [-0.39, 0.29) is 47.9 Å². The van der Waals surface area contributed by atoms with Crippen LogP contribution in [0.15, 0.2) is 62.6 Å². The molecular weight excluding hydrogens is 843 g/mol. The van der Waals surface area contributed by atoms with Gasteiger partial charge in [0.2, 0.25) is 0 Å². The maximum Gasteiger partial charge on any atom is 0.164 e. The topological polar surface area (TPSA) is 76.5 Å². The number of aryl methyl sites for hydroxylation is 1. The molecule has 0 saturated heterocycles. The quantitative estimate of drug-likeness (QED) is 0.0842. The molecule has 0 bridgehead atoms. The molecule has 6 rings (SSSR count). The second-order valence-corrected chi connectivity index (χ2v) is 17.1. The third kappa shape index (κ3) is 7.98. The number of pyridine rings is 1. The summed E-state index contributed by atoms with van der Waals surface area (Å²) < 4.78 is 13.7. The van der Waals surface area contributed by atoms with E-state index in [2.05, 4.69) is 71.2 Å². The zero-order chi connectivity index (χ0) is 37.5. The number of nitrogens with zero attached hydrogens (tertiary/aromatic N) is 1. The van der Waals surface area contributed by atoms with Crippen molar-refractivity contribution in [3.05, 3.63) is 76.7 Å². The first kappa shape index (κ1) is 41.5. The predicted octanol–water partition coefficient (Wildman–Crippen LogP) is 13.9. The van der Waals surface area contributed by atoms with Crippen molar-refractivity contribution in [2.75, 3.05) is 0 Å². The minimum atomic E-state index is -0.337. The van der Waals surface area contributed by atoms with Gasteiger partial charge in [-0.05, 0) is 72.6 Å². The van der Waals surface area contributed by atoms with Gasteiger partial charge in [0.25, 0.3) is 0 Å². The summed E-state index contributed by atoms with van der Waals surface area (Å²) in [7, 11) is 0. The van der Waals surface area contributed by atoms with Gasteiger partial charge in [-0.25, -0.2) is 0 Å². The van der Waals surface area contributed by atoms with E-state index in [1.165, 1.54) is 27.3 Å². The van der Waals surface area contributed by atoms with Crippen LogP contribution in [0.5, 0.6) is 0 Å². The van der Waals surface area contributed by atoms with Gasteiger partial charge in [0.1, 0.15) is 28.3 Å². The normalized spacial score (nSPS) is 12.9. The molecule has 1 radical (unpaired) electrons. The molecule has 0 spiro atoms. The summed E-state index contributed by atoms with van der Waals surface area (Å²) in [5.41, 5.74) is 6.50. The number of furan rings is 2. The summed E-state index contributed by atoms with van der Waals surface area (Å²) in [4.78, 5) is 17.0. The Hall–Kier alpha value is -3.25. The van der Waals surface area contributed by atoms with Gasteiger partial charge in [-0.2, -0.15) is 11.3 Å². The predicted molar refractivity (Wildman–Crippen MR) is 216 cm³/mol. The first-order valence-electron chi connectivity index (χ1n) is 18.6. The monoisotopic (exact) mass is 899 g/mol. The summed E-state index contributed by atoms with van der Waals surface area (Å²) in [5.74, 6) is 1.83. The van der Waals surface area contributed by atoms with Gasteiger partial charge in [-0.1, -0.05) is 87.3 Å². The summed E-state index contributed by atoms with van der Waals surface area (Å²) in [6, 6.07) is 14.3. The number of aromatic nitrogens is 1. The third-order valence-corrected chi connectivity index (χ3v) is 12.2. The number of rotatable bonds is 10. The Morgan fingerprint density at radius 3 is 2.13 bits per heavy atom. The first-order valence-corrected chi connectivity index (χ1v) is 19.5. The zero-order valence-electron chi connectivity index (χ0n) is 33.1. The molecule has 7 heteroatoms. The van der Waals surface area contributed by atoms with Crippen LogP contribution >= 0.6 is 11.3 Å². The van der Waals surface area contributed by atoms with Crippen molar-refractivity contribution in [1.82, 2.24) is 4.98 Å². The molecule has 0 atom stereocenters. The van der Waals surface area contributed by atoms with E-state index in [9.17, 15) is 9.90 Å². The van der Waals surface area contributed by atoms with E-state index >= 15 is 0 Å². The molecule has 0 fully saturated rings. The van der Waals surface area contributed by atoms with Gasteiger partial charge in [0.05, 0.1) is 0 Å². The van der Waals surface area contributed by atoms with Crippen LogP contribution in [0.4, 0.5) is 0 Å². The van der Waals surface area contributed by atoms with Crippen LogP contribution in [0.1, 0.15) is 119 Å². The molecule has 0 aliphatic heterocycles. The molecule has 52 heavy (non-hydrogen) atoms. The summed E-state index contributed by atoms with van der Waals surface area (Å²) in [5, 5.41) is 16.7. The largest absolute Gasteiger partial charge is 0.512 e. The summed E-state index contributed by atoms with van der Waals surface area (Å²) in [6.45, 7) is 25.4. The van der Waals surface area contributed by atoms with Gasteiger partial charge in [0.15, 0.2) is 5.78 Å². The molecule has 2 aromatic carbocycles. The minimum Gasteiger partial charge on any atom is -0.512 e.